The predicted octanol–water partition coefficient (Wildman–Crippen LogP) is 3.85. The molecular weight excluding hydrogens is 278 g/mol. The van der Waals surface area contributed by atoms with Crippen LogP contribution in [0.5, 0.6) is 5.75 Å². The Kier molecular flexibility index (Phi) is 4.10. The van der Waals surface area contributed by atoms with Gasteiger partial charge in [0.15, 0.2) is 0 Å². The normalized spacial score (nSPS) is 24.6. The number of phenols is 1. The van der Waals surface area contributed by atoms with Crippen molar-refractivity contribution in [3.8, 4) is 5.75 Å². The van der Waals surface area contributed by atoms with Gasteiger partial charge in [0.1, 0.15) is 5.75 Å². The van der Waals surface area contributed by atoms with Crippen LogP contribution in [-0.4, -0.2) is 11.7 Å². The fourth-order valence-corrected chi connectivity index (χ4v) is 2.63. The lowest BCUT2D eigenvalue weighted by atomic mass is 10.0. The standard InChI is InChI=1S/C14H20BrNO/c1-3-13(16-8-10-6-9(10)2)12-7-11(15)4-5-14(12)17/h4-5,7,9-10,13,16-17H,3,6,8H2,1-2H3. The molecule has 1 aliphatic rings. The van der Waals surface area contributed by atoms with Crippen LogP contribution in [0.25, 0.3) is 0 Å². The summed E-state index contributed by atoms with van der Waals surface area (Å²) in [4.78, 5) is 0. The second-order valence-corrected chi connectivity index (χ2v) is 5.96. The Labute approximate surface area is 112 Å². The van der Waals surface area contributed by atoms with E-state index < -0.39 is 0 Å². The minimum Gasteiger partial charge on any atom is -0.508 e. The molecule has 0 spiro atoms. The number of aromatic hydroxyl groups is 1. The van der Waals surface area contributed by atoms with Crippen molar-refractivity contribution in [1.29, 1.82) is 0 Å². The van der Waals surface area contributed by atoms with Gasteiger partial charge in [0, 0.05) is 16.1 Å². The number of nitrogens with one attached hydrogen (secondary N) is 1. The van der Waals surface area contributed by atoms with Crippen LogP contribution in [0.2, 0.25) is 0 Å². The molecule has 3 heteroatoms. The summed E-state index contributed by atoms with van der Waals surface area (Å²) in [5.41, 5.74) is 0.996. The summed E-state index contributed by atoms with van der Waals surface area (Å²) >= 11 is 3.46. The highest BCUT2D eigenvalue weighted by atomic mass is 79.9. The van der Waals surface area contributed by atoms with Crippen LogP contribution in [0.1, 0.15) is 38.3 Å². The minimum absolute atomic E-state index is 0.250. The molecule has 94 valence electrons. The number of hydrogen-bond donors (Lipinski definition) is 2. The predicted molar refractivity (Wildman–Crippen MR) is 74.1 cm³/mol. The van der Waals surface area contributed by atoms with Crippen LogP contribution >= 0.6 is 15.9 Å². The van der Waals surface area contributed by atoms with E-state index in [9.17, 15) is 5.11 Å². The van der Waals surface area contributed by atoms with Crippen LogP contribution < -0.4 is 5.32 Å². The molecular formula is C14H20BrNO. The molecule has 0 heterocycles. The molecule has 2 N–H and O–H groups in total. The van der Waals surface area contributed by atoms with Crippen molar-refractivity contribution in [3.05, 3.63) is 28.2 Å². The van der Waals surface area contributed by atoms with Crippen LogP contribution in [0.4, 0.5) is 0 Å². The molecule has 0 aliphatic heterocycles. The molecule has 0 radical (unpaired) electrons. The van der Waals surface area contributed by atoms with Crippen molar-refractivity contribution in [2.45, 2.75) is 32.7 Å². The van der Waals surface area contributed by atoms with Gasteiger partial charge in [0.05, 0.1) is 0 Å². The topological polar surface area (TPSA) is 32.3 Å². The summed E-state index contributed by atoms with van der Waals surface area (Å²) in [6.07, 6.45) is 2.33. The van der Waals surface area contributed by atoms with E-state index in [2.05, 4.69) is 35.1 Å². The number of halogens is 1. The van der Waals surface area contributed by atoms with E-state index in [0.717, 1.165) is 34.8 Å². The highest BCUT2D eigenvalue weighted by molar-refractivity contribution is 9.10. The molecule has 3 atom stereocenters. The number of phenolic OH excluding ortho intramolecular Hbond substituents is 1. The third-order valence-corrected chi connectivity index (χ3v) is 4.17. The lowest BCUT2D eigenvalue weighted by Crippen LogP contribution is -2.23. The van der Waals surface area contributed by atoms with Crippen molar-refractivity contribution in [1.82, 2.24) is 5.32 Å². The van der Waals surface area contributed by atoms with E-state index in [1.165, 1.54) is 6.42 Å². The smallest absolute Gasteiger partial charge is 0.120 e. The van der Waals surface area contributed by atoms with Gasteiger partial charge >= 0.3 is 0 Å². The Bertz CT molecular complexity index is 394. The van der Waals surface area contributed by atoms with E-state index >= 15 is 0 Å². The highest BCUT2D eigenvalue weighted by Crippen LogP contribution is 2.38. The van der Waals surface area contributed by atoms with E-state index in [1.807, 2.05) is 12.1 Å². The summed E-state index contributed by atoms with van der Waals surface area (Å²) in [6, 6.07) is 5.88. The summed E-state index contributed by atoms with van der Waals surface area (Å²) in [6.45, 7) is 5.50. The lowest BCUT2D eigenvalue weighted by molar-refractivity contribution is 0.435. The first kappa shape index (κ1) is 12.9. The molecule has 1 aromatic carbocycles. The first-order valence-electron chi connectivity index (χ1n) is 6.33. The van der Waals surface area contributed by atoms with Gasteiger partial charge in [-0.05, 0) is 49.4 Å². The molecule has 1 saturated carbocycles. The number of hydrogen-bond acceptors (Lipinski definition) is 2. The molecule has 0 saturated heterocycles. The molecule has 2 nitrogen and oxygen atoms in total. The summed E-state index contributed by atoms with van der Waals surface area (Å²) in [5, 5.41) is 13.5. The fraction of sp³-hybridized carbons (Fsp3) is 0.571. The van der Waals surface area contributed by atoms with Gasteiger partial charge in [-0.2, -0.15) is 0 Å². The Hall–Kier alpha value is -0.540. The van der Waals surface area contributed by atoms with Crippen LogP contribution in [0.3, 0.4) is 0 Å². The van der Waals surface area contributed by atoms with Gasteiger partial charge in [-0.3, -0.25) is 0 Å². The average molecular weight is 298 g/mol. The van der Waals surface area contributed by atoms with E-state index in [1.54, 1.807) is 6.07 Å². The quantitative estimate of drug-likeness (QED) is 0.865. The maximum absolute atomic E-state index is 9.91. The molecule has 1 fully saturated rings. The molecule has 2 rings (SSSR count). The van der Waals surface area contributed by atoms with Crippen molar-refractivity contribution >= 4 is 15.9 Å². The second-order valence-electron chi connectivity index (χ2n) is 5.05. The fourth-order valence-electron chi connectivity index (χ4n) is 2.26. The van der Waals surface area contributed by atoms with Crippen molar-refractivity contribution < 1.29 is 5.11 Å². The summed E-state index contributed by atoms with van der Waals surface area (Å²) < 4.78 is 1.02. The first-order chi connectivity index (χ1) is 8.11. The monoisotopic (exact) mass is 297 g/mol. The Morgan fingerprint density at radius 1 is 1.53 bits per heavy atom. The minimum atomic E-state index is 0.250. The van der Waals surface area contributed by atoms with Crippen LogP contribution in [0, 0.1) is 11.8 Å². The third kappa shape index (κ3) is 3.23. The lowest BCUT2D eigenvalue weighted by Gasteiger charge is -2.19. The highest BCUT2D eigenvalue weighted by Gasteiger charge is 2.32. The molecule has 17 heavy (non-hydrogen) atoms. The molecule has 1 aliphatic carbocycles. The van der Waals surface area contributed by atoms with Gasteiger partial charge in [-0.15, -0.1) is 0 Å². The maximum atomic E-state index is 9.91. The molecule has 3 unspecified atom stereocenters. The zero-order chi connectivity index (χ0) is 12.4. The zero-order valence-corrected chi connectivity index (χ0v) is 12.0. The first-order valence-corrected chi connectivity index (χ1v) is 7.13. The number of rotatable bonds is 5. The SMILES string of the molecule is CCC(NCC1CC1C)c1cc(Br)ccc1O. The largest absolute Gasteiger partial charge is 0.508 e. The van der Waals surface area contributed by atoms with E-state index in [0.29, 0.717) is 5.75 Å². The van der Waals surface area contributed by atoms with Crippen molar-refractivity contribution in [3.63, 3.8) is 0 Å². The van der Waals surface area contributed by atoms with Crippen LogP contribution in [0.15, 0.2) is 22.7 Å². The average Bonchev–Trinajstić information content (AvgIpc) is 3.00. The van der Waals surface area contributed by atoms with Crippen molar-refractivity contribution in [2.75, 3.05) is 6.54 Å². The van der Waals surface area contributed by atoms with E-state index in [-0.39, 0.29) is 6.04 Å². The Morgan fingerprint density at radius 2 is 2.24 bits per heavy atom. The van der Waals surface area contributed by atoms with Gasteiger partial charge in [-0.1, -0.05) is 29.8 Å². The Balaban J connectivity index is 2.03. The van der Waals surface area contributed by atoms with E-state index in [4.69, 9.17) is 0 Å². The Morgan fingerprint density at radius 3 is 2.82 bits per heavy atom. The van der Waals surface area contributed by atoms with Crippen LogP contribution in [-0.2, 0) is 0 Å². The van der Waals surface area contributed by atoms with Gasteiger partial charge < -0.3 is 10.4 Å². The molecule has 0 bridgehead atoms. The zero-order valence-electron chi connectivity index (χ0n) is 10.4. The van der Waals surface area contributed by atoms with Gasteiger partial charge in [0.25, 0.3) is 0 Å². The van der Waals surface area contributed by atoms with Gasteiger partial charge in [0.2, 0.25) is 0 Å². The second kappa shape index (κ2) is 5.40. The molecule has 1 aromatic rings. The molecule has 0 amide bonds. The van der Waals surface area contributed by atoms with Crippen molar-refractivity contribution in [2.24, 2.45) is 11.8 Å². The third-order valence-electron chi connectivity index (χ3n) is 3.68. The van der Waals surface area contributed by atoms with Gasteiger partial charge in [-0.25, -0.2) is 0 Å². The summed E-state index contributed by atoms with van der Waals surface area (Å²) in [7, 11) is 0. The molecule has 0 aromatic heterocycles. The summed E-state index contributed by atoms with van der Waals surface area (Å²) in [5.74, 6) is 2.09. The number of benzene rings is 1. The maximum Gasteiger partial charge on any atom is 0.120 e.